The van der Waals surface area contributed by atoms with Crippen LogP contribution in [0.1, 0.15) is 11.3 Å². The predicted molar refractivity (Wildman–Crippen MR) is 111 cm³/mol. The normalized spacial score (nSPS) is 15.0. The van der Waals surface area contributed by atoms with Crippen molar-refractivity contribution in [3.05, 3.63) is 59.3 Å². The van der Waals surface area contributed by atoms with Gasteiger partial charge in [0, 0.05) is 42.2 Å². The van der Waals surface area contributed by atoms with Crippen LogP contribution in [0.15, 0.2) is 52.5 Å². The van der Waals surface area contributed by atoms with Crippen LogP contribution in [0.4, 0.5) is 5.69 Å². The number of carbonyl (C=O) groups is 1. The minimum atomic E-state index is -0.0576. The molecule has 140 valence electrons. The minimum Gasteiger partial charge on any atom is -0.462 e. The van der Waals surface area contributed by atoms with Gasteiger partial charge in [0.15, 0.2) is 10.8 Å². The van der Waals surface area contributed by atoms with E-state index < -0.39 is 0 Å². The second kappa shape index (κ2) is 8.73. The molecule has 0 bridgehead atoms. The maximum Gasteiger partial charge on any atom is 0.230 e. The Labute approximate surface area is 166 Å². The first-order valence-corrected chi connectivity index (χ1v) is 11.0. The van der Waals surface area contributed by atoms with Gasteiger partial charge >= 0.3 is 0 Å². The molecule has 1 saturated heterocycles. The number of carbonyl (C=O) groups excluding carboxylic acids is 1. The van der Waals surface area contributed by atoms with E-state index in [1.807, 2.05) is 41.4 Å². The predicted octanol–water partition coefficient (Wildman–Crippen LogP) is 4.13. The van der Waals surface area contributed by atoms with E-state index in [9.17, 15) is 4.79 Å². The molecule has 1 amide bonds. The van der Waals surface area contributed by atoms with Crippen molar-refractivity contribution in [3.63, 3.8) is 0 Å². The van der Waals surface area contributed by atoms with Gasteiger partial charge < -0.3 is 9.73 Å². The maximum absolute atomic E-state index is 12.4. The first-order valence-electron chi connectivity index (χ1n) is 8.93. The van der Waals surface area contributed by atoms with Crippen molar-refractivity contribution < 1.29 is 9.21 Å². The van der Waals surface area contributed by atoms with Gasteiger partial charge in [-0.2, -0.15) is 11.8 Å². The smallest absolute Gasteiger partial charge is 0.230 e. The average molecular weight is 400 g/mol. The number of thiazole rings is 1. The molecule has 4 rings (SSSR count). The number of nitrogens with one attached hydrogen (secondary N) is 1. The fourth-order valence-electron chi connectivity index (χ4n) is 3.04. The van der Waals surface area contributed by atoms with Crippen LogP contribution in [0.2, 0.25) is 0 Å². The summed E-state index contributed by atoms with van der Waals surface area (Å²) in [6.07, 6.45) is 1.88. The summed E-state index contributed by atoms with van der Waals surface area (Å²) in [5.41, 5.74) is 2.82. The summed E-state index contributed by atoms with van der Waals surface area (Å²) in [7, 11) is 0. The molecule has 1 N–H and O–H groups in total. The van der Waals surface area contributed by atoms with Crippen molar-refractivity contribution in [2.24, 2.45) is 0 Å². The van der Waals surface area contributed by atoms with Gasteiger partial charge in [0.25, 0.3) is 0 Å². The molecule has 0 aliphatic carbocycles. The summed E-state index contributed by atoms with van der Waals surface area (Å²) in [5.74, 6) is 3.07. The summed E-state index contributed by atoms with van der Waals surface area (Å²) in [6.45, 7) is 3.19. The van der Waals surface area contributed by atoms with E-state index in [1.54, 1.807) is 6.26 Å². The molecule has 0 atom stereocenters. The van der Waals surface area contributed by atoms with Crippen molar-refractivity contribution in [2.45, 2.75) is 13.0 Å². The Hall–Kier alpha value is -2.09. The average Bonchev–Trinajstić information content (AvgIpc) is 3.34. The SMILES string of the molecule is O=C(Cc1csc(-c2ccco2)n1)Nc1cccc(CN2CCSCC2)c1. The fraction of sp³-hybridized carbons (Fsp3) is 0.300. The number of anilines is 1. The van der Waals surface area contributed by atoms with Crippen molar-refractivity contribution in [1.82, 2.24) is 9.88 Å². The lowest BCUT2D eigenvalue weighted by Gasteiger charge is -2.26. The number of hydrogen-bond acceptors (Lipinski definition) is 6. The van der Waals surface area contributed by atoms with Gasteiger partial charge in [0.05, 0.1) is 18.4 Å². The van der Waals surface area contributed by atoms with Crippen molar-refractivity contribution in [2.75, 3.05) is 29.9 Å². The Morgan fingerprint density at radius 1 is 1.22 bits per heavy atom. The zero-order chi connectivity index (χ0) is 18.5. The summed E-state index contributed by atoms with van der Waals surface area (Å²) >= 11 is 3.50. The second-order valence-electron chi connectivity index (χ2n) is 6.44. The minimum absolute atomic E-state index is 0.0576. The van der Waals surface area contributed by atoms with Gasteiger partial charge in [0.1, 0.15) is 0 Å². The molecule has 0 unspecified atom stereocenters. The van der Waals surface area contributed by atoms with E-state index in [0.29, 0.717) is 0 Å². The molecule has 0 spiro atoms. The molecular formula is C20H21N3O2S2. The van der Waals surface area contributed by atoms with Crippen LogP contribution in [-0.2, 0) is 17.8 Å². The number of aromatic nitrogens is 1. The van der Waals surface area contributed by atoms with Crippen LogP contribution in [0.3, 0.4) is 0 Å². The fourth-order valence-corrected chi connectivity index (χ4v) is 4.80. The third-order valence-electron chi connectivity index (χ3n) is 4.35. The molecule has 3 aromatic rings. The second-order valence-corrected chi connectivity index (χ2v) is 8.52. The molecule has 1 fully saturated rings. The third-order valence-corrected chi connectivity index (χ3v) is 6.19. The zero-order valence-electron chi connectivity index (χ0n) is 14.9. The standard InChI is InChI=1S/C20H21N3O2S2/c24-19(12-17-14-27-20(22-17)18-5-2-8-25-18)21-16-4-1-3-15(11-16)13-23-6-9-26-10-7-23/h1-5,8,11,14H,6-7,9-10,12-13H2,(H,21,24). The zero-order valence-corrected chi connectivity index (χ0v) is 16.5. The van der Waals surface area contributed by atoms with E-state index in [4.69, 9.17) is 4.42 Å². The first-order chi connectivity index (χ1) is 13.3. The number of nitrogens with zero attached hydrogens (tertiary/aromatic N) is 2. The lowest BCUT2D eigenvalue weighted by Crippen LogP contribution is -2.31. The molecule has 5 nitrogen and oxygen atoms in total. The number of furan rings is 1. The lowest BCUT2D eigenvalue weighted by molar-refractivity contribution is -0.115. The van der Waals surface area contributed by atoms with Crippen molar-refractivity contribution in [1.29, 1.82) is 0 Å². The molecule has 7 heteroatoms. The molecule has 0 saturated carbocycles. The number of amides is 1. The van der Waals surface area contributed by atoms with E-state index in [1.165, 1.54) is 28.4 Å². The monoisotopic (exact) mass is 399 g/mol. The molecule has 3 heterocycles. The largest absolute Gasteiger partial charge is 0.462 e. The molecule has 1 aliphatic heterocycles. The Morgan fingerprint density at radius 2 is 2.11 bits per heavy atom. The number of benzene rings is 1. The van der Waals surface area contributed by atoms with E-state index in [0.717, 1.165) is 41.8 Å². The van der Waals surface area contributed by atoms with Crippen LogP contribution < -0.4 is 5.32 Å². The summed E-state index contributed by atoms with van der Waals surface area (Å²) in [6, 6.07) is 11.8. The van der Waals surface area contributed by atoms with E-state index in [2.05, 4.69) is 27.3 Å². The van der Waals surface area contributed by atoms with Gasteiger partial charge in [-0.1, -0.05) is 12.1 Å². The van der Waals surface area contributed by atoms with E-state index >= 15 is 0 Å². The van der Waals surface area contributed by atoms with Crippen LogP contribution in [-0.4, -0.2) is 40.4 Å². The molecule has 27 heavy (non-hydrogen) atoms. The highest BCUT2D eigenvalue weighted by molar-refractivity contribution is 7.99. The Morgan fingerprint density at radius 3 is 2.93 bits per heavy atom. The highest BCUT2D eigenvalue weighted by Gasteiger charge is 2.13. The molecule has 1 aliphatic rings. The van der Waals surface area contributed by atoms with Gasteiger partial charge in [-0.25, -0.2) is 4.98 Å². The summed E-state index contributed by atoms with van der Waals surface area (Å²) < 4.78 is 5.35. The first kappa shape index (κ1) is 18.3. The number of hydrogen-bond donors (Lipinski definition) is 1. The summed E-state index contributed by atoms with van der Waals surface area (Å²) in [4.78, 5) is 19.3. The van der Waals surface area contributed by atoms with E-state index in [-0.39, 0.29) is 12.3 Å². The topological polar surface area (TPSA) is 58.4 Å². The van der Waals surface area contributed by atoms with Gasteiger partial charge in [0.2, 0.25) is 5.91 Å². The lowest BCUT2D eigenvalue weighted by atomic mass is 10.2. The quantitative estimate of drug-likeness (QED) is 0.675. The third kappa shape index (κ3) is 5.00. The van der Waals surface area contributed by atoms with Crippen molar-refractivity contribution in [3.8, 4) is 10.8 Å². The van der Waals surface area contributed by atoms with Crippen molar-refractivity contribution >= 4 is 34.7 Å². The van der Waals surface area contributed by atoms with Crippen LogP contribution in [0.5, 0.6) is 0 Å². The molecule has 0 radical (unpaired) electrons. The van der Waals surface area contributed by atoms with Gasteiger partial charge in [-0.05, 0) is 29.8 Å². The van der Waals surface area contributed by atoms with Crippen LogP contribution >= 0.6 is 23.1 Å². The highest BCUT2D eigenvalue weighted by Crippen LogP contribution is 2.24. The summed E-state index contributed by atoms with van der Waals surface area (Å²) in [5, 5.41) is 5.69. The Balaban J connectivity index is 1.34. The Bertz CT molecular complexity index is 886. The molecule has 2 aromatic heterocycles. The number of rotatable bonds is 6. The van der Waals surface area contributed by atoms with Gasteiger partial charge in [-0.3, -0.25) is 9.69 Å². The highest BCUT2D eigenvalue weighted by atomic mass is 32.2. The van der Waals surface area contributed by atoms with Gasteiger partial charge in [-0.15, -0.1) is 11.3 Å². The van der Waals surface area contributed by atoms with Crippen LogP contribution in [0.25, 0.3) is 10.8 Å². The number of thioether (sulfide) groups is 1. The molecule has 1 aromatic carbocycles. The van der Waals surface area contributed by atoms with Crippen LogP contribution in [0, 0.1) is 0 Å². The molecular weight excluding hydrogens is 378 g/mol. The maximum atomic E-state index is 12.4. The Kier molecular flexibility index (Phi) is 5.91.